The molecule has 0 saturated carbocycles. The zero-order valence-electron chi connectivity index (χ0n) is 15.6. The maximum Gasteiger partial charge on any atom is 0.359 e. The first-order valence-corrected chi connectivity index (χ1v) is 9.95. The number of aromatic nitrogens is 2. The summed E-state index contributed by atoms with van der Waals surface area (Å²) in [7, 11) is 0. The molecule has 2 aromatic carbocycles. The second-order valence-electron chi connectivity index (χ2n) is 6.93. The van der Waals surface area contributed by atoms with E-state index in [1.165, 1.54) is 6.07 Å². The molecule has 0 radical (unpaired) electrons. The molecule has 7 heteroatoms. The van der Waals surface area contributed by atoms with Crippen LogP contribution in [0.25, 0.3) is 22.4 Å². The van der Waals surface area contributed by atoms with Crippen LogP contribution in [0.2, 0.25) is 0 Å². The van der Waals surface area contributed by atoms with E-state index in [4.69, 9.17) is 9.47 Å². The van der Waals surface area contributed by atoms with Gasteiger partial charge >= 0.3 is 5.97 Å². The molecule has 0 aliphatic carbocycles. The standard InChI is InChI=1S/C21H18FIN2O3/c1-4-27-20(26)18-16-17(24-25-18)12-9-10-14(23)15(19(12)28-21(16,2)3)11-7-5-6-8-13(11)22/h5-10H,4H2,1-3H3,(H,24,25). The summed E-state index contributed by atoms with van der Waals surface area (Å²) < 4.78 is 26.9. The molecule has 0 fully saturated rings. The Bertz CT molecular complexity index is 1090. The molecule has 1 N–H and O–H groups in total. The average molecular weight is 492 g/mol. The molecule has 1 aliphatic heterocycles. The van der Waals surface area contributed by atoms with E-state index >= 15 is 0 Å². The zero-order chi connectivity index (χ0) is 20.1. The molecular weight excluding hydrogens is 474 g/mol. The van der Waals surface area contributed by atoms with E-state index < -0.39 is 11.6 Å². The normalized spacial score (nSPS) is 14.0. The largest absolute Gasteiger partial charge is 0.482 e. The van der Waals surface area contributed by atoms with Crippen molar-refractivity contribution in [2.24, 2.45) is 0 Å². The number of halogens is 2. The number of carbonyl (C=O) groups is 1. The van der Waals surface area contributed by atoms with Crippen LogP contribution in [0.1, 0.15) is 36.8 Å². The minimum atomic E-state index is -0.859. The molecular formula is C21H18FIN2O3. The number of fused-ring (bicyclic) bond motifs is 3. The van der Waals surface area contributed by atoms with Gasteiger partial charge in [-0.15, -0.1) is 0 Å². The molecule has 0 amide bonds. The Morgan fingerprint density at radius 1 is 1.25 bits per heavy atom. The van der Waals surface area contributed by atoms with Gasteiger partial charge in [0.15, 0.2) is 5.69 Å². The van der Waals surface area contributed by atoms with Crippen molar-refractivity contribution in [3.63, 3.8) is 0 Å². The lowest BCUT2D eigenvalue weighted by molar-refractivity contribution is 0.0500. The van der Waals surface area contributed by atoms with Crippen LogP contribution >= 0.6 is 22.6 Å². The minimum absolute atomic E-state index is 0.207. The molecule has 28 heavy (non-hydrogen) atoms. The Kier molecular flexibility index (Phi) is 4.65. The predicted molar refractivity (Wildman–Crippen MR) is 112 cm³/mol. The van der Waals surface area contributed by atoms with Crippen molar-refractivity contribution in [1.29, 1.82) is 0 Å². The van der Waals surface area contributed by atoms with Crippen molar-refractivity contribution in [3.05, 3.63) is 57.0 Å². The first kappa shape index (κ1) is 18.9. The van der Waals surface area contributed by atoms with Gasteiger partial charge in [0.05, 0.1) is 17.9 Å². The Morgan fingerprint density at radius 2 is 2.00 bits per heavy atom. The number of esters is 1. The van der Waals surface area contributed by atoms with Gasteiger partial charge in [-0.2, -0.15) is 5.10 Å². The Labute approximate surface area is 175 Å². The Hall–Kier alpha value is -2.42. The molecule has 2 heterocycles. The van der Waals surface area contributed by atoms with Gasteiger partial charge in [0.2, 0.25) is 0 Å². The molecule has 1 aromatic heterocycles. The number of H-pyrrole nitrogens is 1. The maximum atomic E-state index is 14.6. The minimum Gasteiger partial charge on any atom is -0.482 e. The van der Waals surface area contributed by atoms with Gasteiger partial charge in [-0.05, 0) is 61.6 Å². The summed E-state index contributed by atoms with van der Waals surface area (Å²) in [5, 5.41) is 7.16. The maximum absolute atomic E-state index is 14.6. The number of nitrogens with one attached hydrogen (secondary N) is 1. The van der Waals surface area contributed by atoms with Crippen LogP contribution in [-0.2, 0) is 10.3 Å². The van der Waals surface area contributed by atoms with Crippen LogP contribution < -0.4 is 4.74 Å². The highest BCUT2D eigenvalue weighted by atomic mass is 127. The van der Waals surface area contributed by atoms with Crippen molar-refractivity contribution in [3.8, 4) is 28.1 Å². The topological polar surface area (TPSA) is 64.2 Å². The van der Waals surface area contributed by atoms with Crippen molar-refractivity contribution in [2.45, 2.75) is 26.4 Å². The fourth-order valence-corrected chi connectivity index (χ4v) is 4.27. The van der Waals surface area contributed by atoms with Gasteiger partial charge in [-0.1, -0.05) is 18.2 Å². The van der Waals surface area contributed by atoms with Crippen molar-refractivity contribution < 1.29 is 18.7 Å². The summed E-state index contributed by atoms with van der Waals surface area (Å²) in [6, 6.07) is 10.4. The van der Waals surface area contributed by atoms with Crippen LogP contribution in [0.5, 0.6) is 5.75 Å². The van der Waals surface area contributed by atoms with E-state index in [9.17, 15) is 9.18 Å². The summed E-state index contributed by atoms with van der Waals surface area (Å²) in [4.78, 5) is 12.4. The second kappa shape index (κ2) is 6.88. The molecule has 4 rings (SSSR count). The van der Waals surface area contributed by atoms with Crippen molar-refractivity contribution >= 4 is 28.6 Å². The number of carbonyl (C=O) groups excluding carboxylic acids is 1. The van der Waals surface area contributed by atoms with Gasteiger partial charge in [0, 0.05) is 20.3 Å². The fourth-order valence-electron chi connectivity index (χ4n) is 3.55. The lowest BCUT2D eigenvalue weighted by Gasteiger charge is -2.34. The Morgan fingerprint density at radius 3 is 2.71 bits per heavy atom. The summed E-state index contributed by atoms with van der Waals surface area (Å²) in [5.74, 6) is -0.258. The summed E-state index contributed by atoms with van der Waals surface area (Å²) in [6.45, 7) is 5.72. The Balaban J connectivity index is 1.98. The van der Waals surface area contributed by atoms with Crippen LogP contribution in [-0.4, -0.2) is 22.8 Å². The summed E-state index contributed by atoms with van der Waals surface area (Å²) in [5.41, 5.74) is 2.55. The van der Waals surface area contributed by atoms with Gasteiger partial charge in [-0.3, -0.25) is 5.10 Å². The van der Waals surface area contributed by atoms with Gasteiger partial charge in [0.25, 0.3) is 0 Å². The number of hydrogen-bond donors (Lipinski definition) is 1. The average Bonchev–Trinajstić information content (AvgIpc) is 3.09. The number of hydrogen-bond acceptors (Lipinski definition) is 4. The number of ether oxygens (including phenoxy) is 2. The molecule has 0 saturated heterocycles. The van der Waals surface area contributed by atoms with E-state index in [1.807, 2.05) is 26.0 Å². The first-order valence-electron chi connectivity index (χ1n) is 8.88. The third kappa shape index (κ3) is 2.88. The molecule has 3 aromatic rings. The van der Waals surface area contributed by atoms with E-state index in [1.54, 1.807) is 25.1 Å². The molecule has 5 nitrogen and oxygen atoms in total. The van der Waals surface area contributed by atoms with E-state index in [-0.39, 0.29) is 18.1 Å². The second-order valence-corrected chi connectivity index (χ2v) is 8.10. The van der Waals surface area contributed by atoms with Crippen LogP contribution in [0.3, 0.4) is 0 Å². The van der Waals surface area contributed by atoms with Gasteiger partial charge in [0.1, 0.15) is 17.2 Å². The quantitative estimate of drug-likeness (QED) is 0.399. The van der Waals surface area contributed by atoms with Crippen molar-refractivity contribution in [1.82, 2.24) is 10.2 Å². The highest BCUT2D eigenvalue weighted by Gasteiger charge is 2.41. The van der Waals surface area contributed by atoms with Gasteiger partial charge in [-0.25, -0.2) is 9.18 Å². The van der Waals surface area contributed by atoms with Crippen LogP contribution in [0.4, 0.5) is 4.39 Å². The van der Waals surface area contributed by atoms with E-state index in [2.05, 4.69) is 32.8 Å². The molecule has 0 unspecified atom stereocenters. The molecule has 0 atom stereocenters. The number of nitrogens with zero attached hydrogens (tertiary/aromatic N) is 1. The number of benzene rings is 2. The highest BCUT2D eigenvalue weighted by molar-refractivity contribution is 14.1. The van der Waals surface area contributed by atoms with Gasteiger partial charge < -0.3 is 9.47 Å². The zero-order valence-corrected chi connectivity index (χ0v) is 17.8. The molecule has 1 aliphatic rings. The summed E-state index contributed by atoms with van der Waals surface area (Å²) in [6.07, 6.45) is 0. The molecule has 0 spiro atoms. The summed E-state index contributed by atoms with van der Waals surface area (Å²) >= 11 is 2.18. The SMILES string of the molecule is CCOC(=O)c1n[nH]c2c1C(C)(C)Oc1c-2ccc(I)c1-c1ccccc1F. The number of aromatic amines is 1. The van der Waals surface area contributed by atoms with Crippen molar-refractivity contribution in [2.75, 3.05) is 6.61 Å². The van der Waals surface area contributed by atoms with Crippen LogP contribution in [0.15, 0.2) is 36.4 Å². The number of rotatable bonds is 3. The fraction of sp³-hybridized carbons (Fsp3) is 0.238. The highest BCUT2D eigenvalue weighted by Crippen LogP contribution is 2.51. The first-order chi connectivity index (χ1) is 13.3. The van der Waals surface area contributed by atoms with Crippen LogP contribution in [0, 0.1) is 9.39 Å². The predicted octanol–water partition coefficient (Wildman–Crippen LogP) is 5.29. The lowest BCUT2D eigenvalue weighted by Crippen LogP contribution is -2.31. The third-order valence-corrected chi connectivity index (χ3v) is 5.61. The van der Waals surface area contributed by atoms with E-state index in [0.717, 1.165) is 9.13 Å². The molecule has 144 valence electrons. The smallest absolute Gasteiger partial charge is 0.359 e. The monoisotopic (exact) mass is 492 g/mol. The molecule has 0 bridgehead atoms. The third-order valence-electron chi connectivity index (χ3n) is 4.71. The lowest BCUT2D eigenvalue weighted by atomic mass is 9.87. The van der Waals surface area contributed by atoms with E-state index in [0.29, 0.717) is 28.1 Å².